The van der Waals surface area contributed by atoms with Crippen LogP contribution in [0.15, 0.2) is 0 Å². The third kappa shape index (κ3) is 1.89. The molecule has 1 saturated carbocycles. The van der Waals surface area contributed by atoms with E-state index in [9.17, 15) is 0 Å². The molecule has 1 aromatic rings. The van der Waals surface area contributed by atoms with Gasteiger partial charge in [-0.25, -0.2) is 4.98 Å². The number of nitrogens with zero attached hydrogens (tertiary/aromatic N) is 3. The topological polar surface area (TPSA) is 54.0 Å². The van der Waals surface area contributed by atoms with Gasteiger partial charge in [-0.05, 0) is 19.8 Å². The molecule has 2 fully saturated rings. The highest BCUT2D eigenvalue weighted by Gasteiger charge is 2.37. The Bertz CT molecular complexity index is 343. The lowest BCUT2D eigenvalue weighted by atomic mass is 10.2. The van der Waals surface area contributed by atoms with E-state index in [1.54, 1.807) is 0 Å². The Labute approximate surface area is 88.8 Å². The molecule has 3 rings (SSSR count). The quantitative estimate of drug-likeness (QED) is 0.781. The van der Waals surface area contributed by atoms with Gasteiger partial charge in [0.2, 0.25) is 0 Å². The van der Waals surface area contributed by atoms with E-state index in [4.69, 9.17) is 4.74 Å². The van der Waals surface area contributed by atoms with Gasteiger partial charge in [-0.1, -0.05) is 0 Å². The van der Waals surface area contributed by atoms with E-state index in [0.717, 1.165) is 37.4 Å². The summed E-state index contributed by atoms with van der Waals surface area (Å²) in [6.45, 7) is 4.55. The van der Waals surface area contributed by atoms with Crippen molar-refractivity contribution in [3.63, 3.8) is 0 Å². The highest BCUT2D eigenvalue weighted by atomic mass is 16.5. The SMILES string of the molecule is Cc1nc(CN(C2CC2)C2COC2)n[nH]1. The molecule has 2 heterocycles. The fraction of sp³-hybridized carbons (Fsp3) is 0.800. The molecule has 1 aromatic heterocycles. The summed E-state index contributed by atoms with van der Waals surface area (Å²) in [5.74, 6) is 1.80. The van der Waals surface area contributed by atoms with Gasteiger partial charge in [-0.2, -0.15) is 5.10 Å². The number of hydrogen-bond donors (Lipinski definition) is 1. The first-order valence-corrected chi connectivity index (χ1v) is 5.54. The van der Waals surface area contributed by atoms with Crippen molar-refractivity contribution in [3.8, 4) is 0 Å². The number of aromatic nitrogens is 3. The fourth-order valence-corrected chi connectivity index (χ4v) is 2.00. The third-order valence-electron chi connectivity index (χ3n) is 3.07. The number of nitrogens with one attached hydrogen (secondary N) is 1. The average Bonchev–Trinajstić information content (AvgIpc) is 2.88. The largest absolute Gasteiger partial charge is 0.378 e. The smallest absolute Gasteiger partial charge is 0.164 e. The first-order chi connectivity index (χ1) is 7.33. The molecule has 0 amide bonds. The van der Waals surface area contributed by atoms with Crippen LogP contribution in [0, 0.1) is 6.92 Å². The van der Waals surface area contributed by atoms with Crippen LogP contribution in [0.5, 0.6) is 0 Å². The molecule has 0 unspecified atom stereocenters. The van der Waals surface area contributed by atoms with Crippen LogP contribution < -0.4 is 0 Å². The highest BCUT2D eigenvalue weighted by Crippen LogP contribution is 2.31. The van der Waals surface area contributed by atoms with E-state index >= 15 is 0 Å². The zero-order valence-electron chi connectivity index (χ0n) is 8.94. The summed E-state index contributed by atoms with van der Waals surface area (Å²) in [6.07, 6.45) is 2.64. The van der Waals surface area contributed by atoms with Crippen molar-refractivity contribution < 1.29 is 4.74 Å². The second kappa shape index (κ2) is 3.57. The van der Waals surface area contributed by atoms with E-state index in [2.05, 4.69) is 20.1 Å². The molecule has 1 aliphatic heterocycles. The summed E-state index contributed by atoms with van der Waals surface area (Å²) in [7, 11) is 0. The van der Waals surface area contributed by atoms with E-state index in [0.29, 0.717) is 6.04 Å². The maximum atomic E-state index is 5.25. The molecular weight excluding hydrogens is 192 g/mol. The van der Waals surface area contributed by atoms with Crippen LogP contribution in [0.3, 0.4) is 0 Å². The number of aryl methyl sites for hydroxylation is 1. The second-order valence-corrected chi connectivity index (χ2v) is 4.43. The molecule has 2 aliphatic rings. The van der Waals surface area contributed by atoms with Crippen LogP contribution in [-0.2, 0) is 11.3 Å². The second-order valence-electron chi connectivity index (χ2n) is 4.43. The Balaban J connectivity index is 1.67. The van der Waals surface area contributed by atoms with Gasteiger partial charge in [0.1, 0.15) is 5.82 Å². The van der Waals surface area contributed by atoms with Gasteiger partial charge in [0.05, 0.1) is 25.8 Å². The summed E-state index contributed by atoms with van der Waals surface area (Å²) in [4.78, 5) is 6.84. The van der Waals surface area contributed by atoms with E-state index in [-0.39, 0.29) is 0 Å². The molecule has 82 valence electrons. The third-order valence-corrected chi connectivity index (χ3v) is 3.07. The predicted molar refractivity (Wildman–Crippen MR) is 54.3 cm³/mol. The van der Waals surface area contributed by atoms with Gasteiger partial charge in [-0.3, -0.25) is 10.00 Å². The molecule has 1 aliphatic carbocycles. The molecule has 5 nitrogen and oxygen atoms in total. The molecule has 0 radical (unpaired) electrons. The summed E-state index contributed by atoms with van der Waals surface area (Å²) >= 11 is 0. The predicted octanol–water partition coefficient (Wildman–Crippen LogP) is 0.476. The molecule has 0 aromatic carbocycles. The zero-order valence-corrected chi connectivity index (χ0v) is 8.94. The van der Waals surface area contributed by atoms with Crippen LogP contribution in [0.25, 0.3) is 0 Å². The maximum Gasteiger partial charge on any atom is 0.164 e. The number of H-pyrrole nitrogens is 1. The van der Waals surface area contributed by atoms with E-state index in [1.807, 2.05) is 6.92 Å². The molecular formula is C10H16N4O. The Morgan fingerprint density at radius 3 is 2.67 bits per heavy atom. The van der Waals surface area contributed by atoms with Crippen LogP contribution in [0.4, 0.5) is 0 Å². The summed E-state index contributed by atoms with van der Waals surface area (Å²) in [5, 5.41) is 7.08. The van der Waals surface area contributed by atoms with Crippen molar-refractivity contribution in [3.05, 3.63) is 11.6 Å². The zero-order chi connectivity index (χ0) is 10.3. The lowest BCUT2D eigenvalue weighted by Crippen LogP contribution is -2.49. The van der Waals surface area contributed by atoms with Crippen molar-refractivity contribution in [1.82, 2.24) is 20.1 Å². The minimum atomic E-state index is 0.594. The lowest BCUT2D eigenvalue weighted by Gasteiger charge is -2.36. The number of ether oxygens (including phenoxy) is 1. The van der Waals surface area contributed by atoms with E-state index < -0.39 is 0 Å². The molecule has 1 saturated heterocycles. The average molecular weight is 208 g/mol. The van der Waals surface area contributed by atoms with Crippen molar-refractivity contribution >= 4 is 0 Å². The fourth-order valence-electron chi connectivity index (χ4n) is 2.00. The Hall–Kier alpha value is -0.940. The first-order valence-electron chi connectivity index (χ1n) is 5.54. The van der Waals surface area contributed by atoms with Gasteiger partial charge in [0.15, 0.2) is 5.82 Å². The van der Waals surface area contributed by atoms with Gasteiger partial charge in [-0.15, -0.1) is 0 Å². The van der Waals surface area contributed by atoms with Crippen molar-refractivity contribution in [2.45, 2.75) is 38.4 Å². The Morgan fingerprint density at radius 2 is 2.20 bits per heavy atom. The standard InChI is InChI=1S/C10H16N4O/c1-7-11-10(13-12-7)4-14(8-2-3-8)9-5-15-6-9/h8-9H,2-6H2,1H3,(H,11,12,13). The minimum Gasteiger partial charge on any atom is -0.378 e. The normalized spacial score (nSPS) is 22.0. The minimum absolute atomic E-state index is 0.594. The molecule has 0 bridgehead atoms. The Morgan fingerprint density at radius 1 is 1.40 bits per heavy atom. The van der Waals surface area contributed by atoms with Crippen LogP contribution in [-0.4, -0.2) is 45.4 Å². The van der Waals surface area contributed by atoms with Crippen LogP contribution in [0.2, 0.25) is 0 Å². The van der Waals surface area contributed by atoms with Crippen molar-refractivity contribution in [2.75, 3.05) is 13.2 Å². The Kier molecular flexibility index (Phi) is 2.21. The molecule has 15 heavy (non-hydrogen) atoms. The van der Waals surface area contributed by atoms with Gasteiger partial charge < -0.3 is 4.74 Å². The lowest BCUT2D eigenvalue weighted by molar-refractivity contribution is -0.0719. The number of rotatable bonds is 4. The van der Waals surface area contributed by atoms with Gasteiger partial charge in [0, 0.05) is 6.04 Å². The molecule has 5 heteroatoms. The van der Waals surface area contributed by atoms with Crippen molar-refractivity contribution in [2.24, 2.45) is 0 Å². The molecule has 1 N–H and O–H groups in total. The van der Waals surface area contributed by atoms with Crippen LogP contribution >= 0.6 is 0 Å². The number of hydrogen-bond acceptors (Lipinski definition) is 4. The maximum absolute atomic E-state index is 5.25. The van der Waals surface area contributed by atoms with Gasteiger partial charge >= 0.3 is 0 Å². The van der Waals surface area contributed by atoms with Crippen molar-refractivity contribution in [1.29, 1.82) is 0 Å². The van der Waals surface area contributed by atoms with Gasteiger partial charge in [0.25, 0.3) is 0 Å². The molecule has 0 atom stereocenters. The monoisotopic (exact) mass is 208 g/mol. The molecule has 0 spiro atoms. The summed E-state index contributed by atoms with van der Waals surface area (Å²) < 4.78 is 5.25. The summed E-state index contributed by atoms with van der Waals surface area (Å²) in [5.41, 5.74) is 0. The van der Waals surface area contributed by atoms with Crippen LogP contribution in [0.1, 0.15) is 24.5 Å². The summed E-state index contributed by atoms with van der Waals surface area (Å²) in [6, 6.07) is 1.34. The highest BCUT2D eigenvalue weighted by molar-refractivity contribution is 4.96. The first kappa shape index (κ1) is 9.30. The number of aromatic amines is 1. The van der Waals surface area contributed by atoms with E-state index in [1.165, 1.54) is 12.8 Å².